The van der Waals surface area contributed by atoms with Crippen LogP contribution in [-0.4, -0.2) is 18.7 Å². The molecule has 0 saturated carbocycles. The summed E-state index contributed by atoms with van der Waals surface area (Å²) < 4.78 is 37.3. The minimum Gasteiger partial charge on any atom is -0.425 e. The van der Waals surface area contributed by atoms with Crippen molar-refractivity contribution in [3.05, 3.63) is 86.1 Å². The molecule has 0 atom stereocenters. The molecule has 0 amide bonds. The van der Waals surface area contributed by atoms with Gasteiger partial charge in [0, 0.05) is 31.1 Å². The number of hydrogen-bond donors (Lipinski definition) is 0. The van der Waals surface area contributed by atoms with E-state index in [4.69, 9.17) is 16.3 Å². The number of fused-ring (bicyclic) bond motifs is 1. The van der Waals surface area contributed by atoms with E-state index >= 15 is 0 Å². The molecule has 2 heterocycles. The van der Waals surface area contributed by atoms with Gasteiger partial charge in [0.25, 0.3) is 11.5 Å². The van der Waals surface area contributed by atoms with Gasteiger partial charge in [0.15, 0.2) is 11.2 Å². The largest absolute Gasteiger partial charge is 0.425 e. The molecule has 7 nitrogen and oxygen atoms in total. The highest BCUT2D eigenvalue weighted by atomic mass is 35.5. The Kier molecular flexibility index (Phi) is 7.26. The maximum atomic E-state index is 13.8. The van der Waals surface area contributed by atoms with Gasteiger partial charge in [-0.1, -0.05) is 42.5 Å². The fourth-order valence-corrected chi connectivity index (χ4v) is 3.40. The highest BCUT2D eigenvalue weighted by Gasteiger charge is 2.26. The second-order valence-electron chi connectivity index (χ2n) is 7.73. The molecule has 180 valence electrons. The van der Waals surface area contributed by atoms with Gasteiger partial charge in [0.1, 0.15) is 5.75 Å². The second-order valence-corrected chi connectivity index (χ2v) is 8.16. The Morgan fingerprint density at radius 2 is 1.97 bits per heavy atom. The van der Waals surface area contributed by atoms with Crippen molar-refractivity contribution in [1.29, 1.82) is 0 Å². The van der Waals surface area contributed by atoms with E-state index in [2.05, 4.69) is 11.6 Å². The molecule has 3 aromatic rings. The molecule has 1 aromatic carbocycles. The molecule has 0 bridgehead atoms. The lowest BCUT2D eigenvalue weighted by Crippen LogP contribution is -2.38. The molecule has 0 unspecified atom stereocenters. The Balaban J connectivity index is 2.21. The SMILES string of the molecule is C=C(/C=C\C(Cl)=C/C)Cn1c(Oc2cccc(C(C)(F)F)c2)nc2c1c(=O)n(C)c(=O)n2CC. The first-order valence-corrected chi connectivity index (χ1v) is 10.9. The maximum Gasteiger partial charge on any atom is 0.332 e. The number of aryl methyl sites for hydroxylation is 1. The zero-order valence-corrected chi connectivity index (χ0v) is 20.1. The lowest BCUT2D eigenvalue weighted by Gasteiger charge is -2.13. The van der Waals surface area contributed by atoms with Crippen LogP contribution >= 0.6 is 11.6 Å². The standard InChI is InChI=1S/C24H25ClF2N4O3/c1-6-17(25)12-11-15(3)14-31-19-20(30(7-2)23(33)29(5)21(19)32)28-22(31)34-18-10-8-9-16(13-18)24(4,26)27/h6,8-13H,3,7,14H2,1-2,4-5H3/b12-11-,17-6+. The Morgan fingerprint density at radius 1 is 1.26 bits per heavy atom. The van der Waals surface area contributed by atoms with Gasteiger partial charge in [-0.25, -0.2) is 13.6 Å². The zero-order valence-electron chi connectivity index (χ0n) is 19.3. The lowest BCUT2D eigenvalue weighted by molar-refractivity contribution is 0.0173. The quantitative estimate of drug-likeness (QED) is 0.413. The minimum absolute atomic E-state index is 0.0388. The predicted molar refractivity (Wildman–Crippen MR) is 129 cm³/mol. The molecule has 0 aliphatic rings. The van der Waals surface area contributed by atoms with Crippen molar-refractivity contribution in [3.8, 4) is 11.8 Å². The molecule has 0 saturated heterocycles. The van der Waals surface area contributed by atoms with Gasteiger partial charge in [-0.05, 0) is 37.6 Å². The summed E-state index contributed by atoms with van der Waals surface area (Å²) in [5.41, 5.74) is -0.503. The monoisotopic (exact) mass is 490 g/mol. The zero-order chi connectivity index (χ0) is 25.2. The number of hydrogen-bond acceptors (Lipinski definition) is 4. The van der Waals surface area contributed by atoms with Crippen LogP contribution in [0.2, 0.25) is 0 Å². The van der Waals surface area contributed by atoms with Crippen molar-refractivity contribution in [2.75, 3.05) is 0 Å². The van der Waals surface area contributed by atoms with Crippen molar-refractivity contribution in [2.24, 2.45) is 7.05 Å². The van der Waals surface area contributed by atoms with Gasteiger partial charge in [-0.15, -0.1) is 0 Å². The van der Waals surface area contributed by atoms with Crippen LogP contribution in [0.3, 0.4) is 0 Å². The average Bonchev–Trinajstić information content (AvgIpc) is 3.13. The van der Waals surface area contributed by atoms with Gasteiger partial charge in [-0.2, -0.15) is 4.98 Å². The molecular formula is C24H25ClF2N4O3. The number of imidazole rings is 1. The average molecular weight is 491 g/mol. The third kappa shape index (κ3) is 5.04. The van der Waals surface area contributed by atoms with Gasteiger partial charge in [-0.3, -0.25) is 18.5 Å². The fourth-order valence-electron chi connectivity index (χ4n) is 3.33. The molecule has 0 N–H and O–H groups in total. The summed E-state index contributed by atoms with van der Waals surface area (Å²) in [6.07, 6.45) is 5.03. The van der Waals surface area contributed by atoms with Gasteiger partial charge in [0.05, 0.1) is 6.54 Å². The van der Waals surface area contributed by atoms with Crippen LogP contribution in [0.4, 0.5) is 8.78 Å². The molecule has 0 aliphatic heterocycles. The van der Waals surface area contributed by atoms with Crippen LogP contribution < -0.4 is 16.0 Å². The Bertz CT molecular complexity index is 1420. The van der Waals surface area contributed by atoms with Crippen LogP contribution in [0.25, 0.3) is 11.2 Å². The number of allylic oxidation sites excluding steroid dienone is 5. The summed E-state index contributed by atoms with van der Waals surface area (Å²) in [7, 11) is 1.38. The number of alkyl halides is 2. The maximum absolute atomic E-state index is 13.8. The molecule has 0 spiro atoms. The third-order valence-electron chi connectivity index (χ3n) is 5.18. The Labute approximate surface area is 199 Å². The molecule has 34 heavy (non-hydrogen) atoms. The molecule has 2 aromatic heterocycles. The van der Waals surface area contributed by atoms with Crippen molar-refractivity contribution in [2.45, 2.75) is 39.8 Å². The van der Waals surface area contributed by atoms with Crippen molar-refractivity contribution in [1.82, 2.24) is 18.7 Å². The Hall–Kier alpha value is -3.46. The van der Waals surface area contributed by atoms with Crippen molar-refractivity contribution in [3.63, 3.8) is 0 Å². The van der Waals surface area contributed by atoms with Crippen LogP contribution in [-0.2, 0) is 26.1 Å². The summed E-state index contributed by atoms with van der Waals surface area (Å²) in [5.74, 6) is -2.96. The normalized spacial score (nSPS) is 12.6. The van der Waals surface area contributed by atoms with Crippen LogP contribution in [0.5, 0.6) is 11.8 Å². The van der Waals surface area contributed by atoms with Crippen molar-refractivity contribution >= 4 is 22.8 Å². The predicted octanol–water partition coefficient (Wildman–Crippen LogP) is 5.08. The molecule has 3 rings (SSSR count). The number of halogens is 3. The van der Waals surface area contributed by atoms with E-state index in [0.29, 0.717) is 10.6 Å². The fraction of sp³-hybridized carbons (Fsp3) is 0.292. The van der Waals surface area contributed by atoms with Crippen LogP contribution in [0.1, 0.15) is 26.3 Å². The van der Waals surface area contributed by atoms with E-state index in [0.717, 1.165) is 11.5 Å². The highest BCUT2D eigenvalue weighted by molar-refractivity contribution is 6.31. The van der Waals surface area contributed by atoms with E-state index in [1.54, 1.807) is 32.1 Å². The first-order valence-electron chi connectivity index (χ1n) is 10.5. The molecular weight excluding hydrogens is 466 g/mol. The van der Waals surface area contributed by atoms with Crippen LogP contribution in [0.15, 0.2) is 69.3 Å². The summed E-state index contributed by atoms with van der Waals surface area (Å²) >= 11 is 6.02. The molecule has 0 radical (unpaired) electrons. The number of nitrogens with zero attached hydrogens (tertiary/aromatic N) is 4. The van der Waals surface area contributed by atoms with E-state index in [-0.39, 0.29) is 41.6 Å². The third-order valence-corrected chi connectivity index (χ3v) is 5.52. The Morgan fingerprint density at radius 3 is 2.59 bits per heavy atom. The van der Waals surface area contributed by atoms with Crippen molar-refractivity contribution < 1.29 is 13.5 Å². The molecule has 10 heteroatoms. The smallest absolute Gasteiger partial charge is 0.332 e. The van der Waals surface area contributed by atoms with E-state index in [9.17, 15) is 18.4 Å². The van der Waals surface area contributed by atoms with E-state index in [1.807, 2.05) is 0 Å². The first kappa shape index (κ1) is 25.2. The van der Waals surface area contributed by atoms with E-state index < -0.39 is 17.2 Å². The summed E-state index contributed by atoms with van der Waals surface area (Å²) in [4.78, 5) is 30.0. The highest BCUT2D eigenvalue weighted by Crippen LogP contribution is 2.32. The summed E-state index contributed by atoms with van der Waals surface area (Å²) in [5, 5.41) is 0.501. The molecule has 0 aliphatic carbocycles. The van der Waals surface area contributed by atoms with Gasteiger partial charge >= 0.3 is 11.7 Å². The van der Waals surface area contributed by atoms with Gasteiger partial charge < -0.3 is 4.74 Å². The van der Waals surface area contributed by atoms with Crippen LogP contribution in [0, 0.1) is 0 Å². The first-order chi connectivity index (χ1) is 16.0. The number of rotatable bonds is 8. The minimum atomic E-state index is -3.07. The second kappa shape index (κ2) is 9.80. The number of benzene rings is 1. The topological polar surface area (TPSA) is 71.1 Å². The lowest BCUT2D eigenvalue weighted by atomic mass is 10.1. The van der Waals surface area contributed by atoms with Gasteiger partial charge in [0.2, 0.25) is 0 Å². The van der Waals surface area contributed by atoms with E-state index in [1.165, 1.54) is 40.4 Å². The number of aromatic nitrogens is 4. The summed E-state index contributed by atoms with van der Waals surface area (Å²) in [6.45, 7) is 8.66. The molecule has 0 fully saturated rings. The number of ether oxygens (including phenoxy) is 1. The summed E-state index contributed by atoms with van der Waals surface area (Å²) in [6, 6.07) is 5.40.